The van der Waals surface area contributed by atoms with Gasteiger partial charge in [0.25, 0.3) is 0 Å². The van der Waals surface area contributed by atoms with Gasteiger partial charge in [0.05, 0.1) is 12.4 Å². The third-order valence-electron chi connectivity index (χ3n) is 4.31. The number of hydrogen-bond acceptors (Lipinski definition) is 5. The Morgan fingerprint density at radius 2 is 1.89 bits per heavy atom. The first kappa shape index (κ1) is 20.4. The molecule has 1 aliphatic rings. The summed E-state index contributed by atoms with van der Waals surface area (Å²) in [4.78, 5) is 13.1. The number of carbonyl (C=O) groups excluding carboxylic acids is 1. The van der Waals surface area contributed by atoms with Gasteiger partial charge in [0, 0.05) is 11.4 Å². The standard InChI is InChI=1S/C22H27NO4S/c1-2-3-12-25-18-6-4-17(5-7-18)10-11-23-22(24)16-28-19-8-9-20-21(15-19)27-14-13-26-20/h4-9,15H,2-3,10-14,16H2,1H3,(H,23,24). The van der Waals surface area contributed by atoms with Gasteiger partial charge >= 0.3 is 0 Å². The van der Waals surface area contributed by atoms with Crippen molar-refractivity contribution in [1.29, 1.82) is 0 Å². The minimum absolute atomic E-state index is 0.0272. The summed E-state index contributed by atoms with van der Waals surface area (Å²) in [5.41, 5.74) is 1.18. The first-order chi connectivity index (χ1) is 13.7. The normalized spacial score (nSPS) is 12.5. The third-order valence-corrected chi connectivity index (χ3v) is 5.30. The van der Waals surface area contributed by atoms with Gasteiger partial charge in [-0.2, -0.15) is 0 Å². The zero-order valence-electron chi connectivity index (χ0n) is 16.2. The first-order valence-electron chi connectivity index (χ1n) is 9.75. The fraction of sp³-hybridized carbons (Fsp3) is 0.409. The average Bonchev–Trinajstić information content (AvgIpc) is 2.73. The number of thioether (sulfide) groups is 1. The highest BCUT2D eigenvalue weighted by atomic mass is 32.2. The van der Waals surface area contributed by atoms with Crippen LogP contribution >= 0.6 is 11.8 Å². The molecule has 5 nitrogen and oxygen atoms in total. The number of amides is 1. The molecule has 0 radical (unpaired) electrons. The summed E-state index contributed by atoms with van der Waals surface area (Å²) in [6, 6.07) is 13.9. The van der Waals surface area contributed by atoms with Crippen LogP contribution in [0.1, 0.15) is 25.3 Å². The smallest absolute Gasteiger partial charge is 0.230 e. The van der Waals surface area contributed by atoms with Crippen molar-refractivity contribution in [2.75, 3.05) is 32.1 Å². The lowest BCUT2D eigenvalue weighted by Crippen LogP contribution is -2.27. The second-order valence-electron chi connectivity index (χ2n) is 6.54. The lowest BCUT2D eigenvalue weighted by molar-refractivity contribution is -0.118. The molecule has 3 rings (SSSR count). The van der Waals surface area contributed by atoms with Crippen molar-refractivity contribution in [1.82, 2.24) is 5.32 Å². The van der Waals surface area contributed by atoms with Crippen molar-refractivity contribution in [2.45, 2.75) is 31.1 Å². The number of hydrogen-bond donors (Lipinski definition) is 1. The van der Waals surface area contributed by atoms with Crippen molar-refractivity contribution < 1.29 is 19.0 Å². The summed E-state index contributed by atoms with van der Waals surface area (Å²) in [5, 5.41) is 2.97. The van der Waals surface area contributed by atoms with E-state index >= 15 is 0 Å². The van der Waals surface area contributed by atoms with Crippen molar-refractivity contribution in [3.8, 4) is 17.2 Å². The number of unbranched alkanes of at least 4 members (excludes halogenated alkanes) is 1. The highest BCUT2D eigenvalue weighted by Crippen LogP contribution is 2.34. The van der Waals surface area contributed by atoms with Crippen LogP contribution in [0, 0.1) is 0 Å². The van der Waals surface area contributed by atoms with E-state index in [2.05, 4.69) is 24.4 Å². The summed E-state index contributed by atoms with van der Waals surface area (Å²) in [6.45, 7) is 4.67. The number of nitrogens with one attached hydrogen (secondary N) is 1. The molecule has 0 fully saturated rings. The molecule has 2 aromatic rings. The van der Waals surface area contributed by atoms with E-state index in [0.29, 0.717) is 25.5 Å². The summed E-state index contributed by atoms with van der Waals surface area (Å²) in [7, 11) is 0. The summed E-state index contributed by atoms with van der Waals surface area (Å²) < 4.78 is 16.7. The molecule has 0 aliphatic carbocycles. The van der Waals surface area contributed by atoms with Gasteiger partial charge in [-0.1, -0.05) is 25.5 Å². The van der Waals surface area contributed by atoms with E-state index in [4.69, 9.17) is 14.2 Å². The quantitative estimate of drug-likeness (QED) is 0.480. The van der Waals surface area contributed by atoms with Crippen molar-refractivity contribution >= 4 is 17.7 Å². The van der Waals surface area contributed by atoms with Crippen LogP contribution in [-0.2, 0) is 11.2 Å². The van der Waals surface area contributed by atoms with Crippen molar-refractivity contribution in [2.24, 2.45) is 0 Å². The van der Waals surface area contributed by atoms with Crippen LogP contribution in [0.15, 0.2) is 47.4 Å². The van der Waals surface area contributed by atoms with Gasteiger partial charge in [-0.3, -0.25) is 4.79 Å². The fourth-order valence-electron chi connectivity index (χ4n) is 2.75. The molecule has 0 bridgehead atoms. The van der Waals surface area contributed by atoms with E-state index in [0.717, 1.165) is 48.0 Å². The molecule has 0 saturated heterocycles. The van der Waals surface area contributed by atoms with Crippen LogP contribution in [0.25, 0.3) is 0 Å². The Labute approximate surface area is 170 Å². The third kappa shape index (κ3) is 6.37. The van der Waals surface area contributed by atoms with Gasteiger partial charge in [-0.05, 0) is 48.7 Å². The Bertz CT molecular complexity index is 764. The summed E-state index contributed by atoms with van der Waals surface area (Å²) in [6.07, 6.45) is 3.00. The van der Waals surface area contributed by atoms with Crippen molar-refractivity contribution in [3.63, 3.8) is 0 Å². The van der Waals surface area contributed by atoms with Crippen LogP contribution < -0.4 is 19.5 Å². The number of carbonyl (C=O) groups is 1. The van der Waals surface area contributed by atoms with Gasteiger partial charge in [0.1, 0.15) is 19.0 Å². The van der Waals surface area contributed by atoms with Crippen LogP contribution in [0.4, 0.5) is 0 Å². The molecular weight excluding hydrogens is 374 g/mol. The van der Waals surface area contributed by atoms with Crippen LogP contribution in [0.5, 0.6) is 17.2 Å². The van der Waals surface area contributed by atoms with Gasteiger partial charge in [-0.15, -0.1) is 11.8 Å². The molecule has 2 aromatic carbocycles. The Morgan fingerprint density at radius 1 is 1.11 bits per heavy atom. The number of rotatable bonds is 10. The molecule has 1 heterocycles. The number of ether oxygens (including phenoxy) is 3. The van der Waals surface area contributed by atoms with E-state index in [1.807, 2.05) is 30.3 Å². The maximum atomic E-state index is 12.1. The second kappa shape index (κ2) is 10.9. The highest BCUT2D eigenvalue weighted by molar-refractivity contribution is 8.00. The van der Waals surface area contributed by atoms with Crippen LogP contribution in [-0.4, -0.2) is 38.0 Å². The maximum absolute atomic E-state index is 12.1. The summed E-state index contributed by atoms with van der Waals surface area (Å²) in [5.74, 6) is 2.82. The Kier molecular flexibility index (Phi) is 7.91. The maximum Gasteiger partial charge on any atom is 0.230 e. The molecule has 28 heavy (non-hydrogen) atoms. The highest BCUT2D eigenvalue weighted by Gasteiger charge is 2.12. The number of benzene rings is 2. The number of fused-ring (bicyclic) bond motifs is 1. The molecule has 0 saturated carbocycles. The monoisotopic (exact) mass is 401 g/mol. The largest absolute Gasteiger partial charge is 0.494 e. The minimum Gasteiger partial charge on any atom is -0.494 e. The summed E-state index contributed by atoms with van der Waals surface area (Å²) >= 11 is 1.49. The zero-order valence-corrected chi connectivity index (χ0v) is 17.1. The predicted molar refractivity (Wildman–Crippen MR) is 112 cm³/mol. The van der Waals surface area contributed by atoms with Gasteiger partial charge < -0.3 is 19.5 Å². The van der Waals surface area contributed by atoms with E-state index in [-0.39, 0.29) is 5.91 Å². The van der Waals surface area contributed by atoms with Gasteiger partial charge in [0.15, 0.2) is 11.5 Å². The minimum atomic E-state index is 0.0272. The fourth-order valence-corrected chi connectivity index (χ4v) is 3.50. The predicted octanol–water partition coefficient (Wildman–Crippen LogP) is 4.09. The molecule has 1 N–H and O–H groups in total. The molecule has 1 amide bonds. The van der Waals surface area contributed by atoms with Gasteiger partial charge in [0.2, 0.25) is 5.91 Å². The Balaban J connectivity index is 1.35. The SMILES string of the molecule is CCCCOc1ccc(CCNC(=O)CSc2ccc3c(c2)OCCO3)cc1. The lowest BCUT2D eigenvalue weighted by atomic mass is 10.1. The van der Waals surface area contributed by atoms with Crippen LogP contribution in [0.3, 0.4) is 0 Å². The second-order valence-corrected chi connectivity index (χ2v) is 7.59. The molecule has 150 valence electrons. The molecule has 0 aromatic heterocycles. The molecule has 0 atom stereocenters. The Hall–Kier alpha value is -2.34. The Morgan fingerprint density at radius 3 is 2.68 bits per heavy atom. The lowest BCUT2D eigenvalue weighted by Gasteiger charge is -2.18. The van der Waals surface area contributed by atoms with E-state index in [9.17, 15) is 4.79 Å². The topological polar surface area (TPSA) is 56.8 Å². The molecule has 0 unspecified atom stereocenters. The average molecular weight is 402 g/mol. The molecular formula is C22H27NO4S. The van der Waals surface area contributed by atoms with E-state index < -0.39 is 0 Å². The van der Waals surface area contributed by atoms with Gasteiger partial charge in [-0.25, -0.2) is 0 Å². The van der Waals surface area contributed by atoms with Crippen molar-refractivity contribution in [3.05, 3.63) is 48.0 Å². The zero-order chi connectivity index (χ0) is 19.6. The van der Waals surface area contributed by atoms with Crippen LogP contribution in [0.2, 0.25) is 0 Å². The van der Waals surface area contributed by atoms with E-state index in [1.165, 1.54) is 17.3 Å². The molecule has 6 heteroatoms. The molecule has 1 aliphatic heterocycles. The molecule has 0 spiro atoms. The van der Waals surface area contributed by atoms with E-state index in [1.54, 1.807) is 0 Å². The first-order valence-corrected chi connectivity index (χ1v) is 10.7.